The molecule has 1 aromatic heterocycles. The van der Waals surface area contributed by atoms with Crippen molar-refractivity contribution in [1.29, 1.82) is 0 Å². The van der Waals surface area contributed by atoms with Crippen LogP contribution in [0.15, 0.2) is 6.07 Å². The second-order valence-corrected chi connectivity index (χ2v) is 6.68. The summed E-state index contributed by atoms with van der Waals surface area (Å²) in [6.45, 7) is 2.64. The SMILES string of the molecule is Cc1cc(NC(=O)C(=O)N2C[C@@H]3C[C@H]2[C@H]2C[C@@H]32)sn1. The highest BCUT2D eigenvalue weighted by Crippen LogP contribution is 2.61. The van der Waals surface area contributed by atoms with E-state index in [1.54, 1.807) is 11.0 Å². The Hall–Kier alpha value is -1.43. The fourth-order valence-corrected chi connectivity index (χ4v) is 4.44. The lowest BCUT2D eigenvalue weighted by Crippen LogP contribution is -2.44. The van der Waals surface area contributed by atoms with Gasteiger partial charge in [0.2, 0.25) is 0 Å². The van der Waals surface area contributed by atoms with Crippen LogP contribution in [0.4, 0.5) is 5.00 Å². The van der Waals surface area contributed by atoms with E-state index in [9.17, 15) is 9.59 Å². The number of nitrogens with zero attached hydrogens (tertiary/aromatic N) is 2. The quantitative estimate of drug-likeness (QED) is 0.786. The minimum absolute atomic E-state index is 0.330. The lowest BCUT2D eigenvalue weighted by Gasteiger charge is -2.25. The summed E-state index contributed by atoms with van der Waals surface area (Å²) >= 11 is 1.21. The Morgan fingerprint density at radius 3 is 2.89 bits per heavy atom. The molecule has 0 spiro atoms. The first-order valence-electron chi connectivity index (χ1n) is 6.69. The van der Waals surface area contributed by atoms with Gasteiger partial charge in [0.15, 0.2) is 0 Å². The van der Waals surface area contributed by atoms with Crippen LogP contribution in [0.5, 0.6) is 0 Å². The van der Waals surface area contributed by atoms with Crippen molar-refractivity contribution >= 4 is 28.3 Å². The molecule has 3 aliphatic rings. The molecular weight excluding hydrogens is 262 g/mol. The molecule has 5 nitrogen and oxygen atoms in total. The summed E-state index contributed by atoms with van der Waals surface area (Å²) in [6.07, 6.45) is 2.36. The number of nitrogens with one attached hydrogen (secondary N) is 1. The van der Waals surface area contributed by atoms with Gasteiger partial charge in [0.05, 0.1) is 5.69 Å². The van der Waals surface area contributed by atoms with E-state index in [2.05, 4.69) is 9.69 Å². The van der Waals surface area contributed by atoms with Crippen LogP contribution in [0.25, 0.3) is 0 Å². The van der Waals surface area contributed by atoms with Gasteiger partial charge in [0.25, 0.3) is 0 Å². The number of hydrogen-bond acceptors (Lipinski definition) is 4. The highest BCUT2D eigenvalue weighted by atomic mass is 32.1. The Bertz CT molecular complexity index is 570. The molecule has 2 bridgehead atoms. The van der Waals surface area contributed by atoms with E-state index in [1.165, 1.54) is 18.0 Å². The summed E-state index contributed by atoms with van der Waals surface area (Å²) < 4.78 is 4.09. The molecule has 0 radical (unpaired) electrons. The van der Waals surface area contributed by atoms with Gasteiger partial charge in [-0.1, -0.05) is 0 Å². The van der Waals surface area contributed by atoms with E-state index < -0.39 is 5.91 Å². The molecule has 2 saturated carbocycles. The van der Waals surface area contributed by atoms with Crippen LogP contribution in [0.1, 0.15) is 18.5 Å². The zero-order valence-corrected chi connectivity index (χ0v) is 11.4. The summed E-state index contributed by atoms with van der Waals surface area (Å²) in [5.41, 5.74) is 0.855. The summed E-state index contributed by atoms with van der Waals surface area (Å²) in [5, 5.41) is 3.30. The lowest BCUT2D eigenvalue weighted by atomic mass is 10.1. The fourth-order valence-electron chi connectivity index (χ4n) is 3.79. The van der Waals surface area contributed by atoms with Crippen molar-refractivity contribution in [1.82, 2.24) is 9.27 Å². The van der Waals surface area contributed by atoms with Crippen molar-refractivity contribution in [3.8, 4) is 0 Å². The number of piperidine rings is 1. The minimum Gasteiger partial charge on any atom is -0.331 e. The largest absolute Gasteiger partial charge is 0.331 e. The standard InChI is InChI=1S/C13H15N3O2S/c1-6-2-11(19-15-6)14-12(17)13(18)16-5-7-3-10(16)9-4-8(7)9/h2,7-10H,3-5H2,1H3,(H,14,17)/t7-,8-,9-,10-/m0/s1. The number of carbonyl (C=O) groups excluding carboxylic acids is 2. The van der Waals surface area contributed by atoms with E-state index >= 15 is 0 Å². The maximum absolute atomic E-state index is 12.2. The van der Waals surface area contributed by atoms with E-state index in [0.717, 1.165) is 24.6 Å². The van der Waals surface area contributed by atoms with Gasteiger partial charge in [-0.25, -0.2) is 0 Å². The molecule has 100 valence electrons. The molecule has 3 fully saturated rings. The van der Waals surface area contributed by atoms with Gasteiger partial charge in [-0.05, 0) is 55.1 Å². The van der Waals surface area contributed by atoms with E-state index in [4.69, 9.17) is 0 Å². The molecule has 1 N–H and O–H groups in total. The summed E-state index contributed by atoms with van der Waals surface area (Å²) in [7, 11) is 0. The van der Waals surface area contributed by atoms with E-state index in [-0.39, 0.29) is 5.91 Å². The van der Waals surface area contributed by atoms with Gasteiger partial charge in [0, 0.05) is 12.6 Å². The number of anilines is 1. The smallest absolute Gasteiger partial charge is 0.314 e. The second kappa shape index (κ2) is 3.79. The molecular formula is C13H15N3O2S. The second-order valence-electron chi connectivity index (χ2n) is 5.87. The number of fused-ring (bicyclic) bond motifs is 5. The van der Waals surface area contributed by atoms with E-state index in [1.807, 2.05) is 6.92 Å². The third-order valence-electron chi connectivity index (χ3n) is 4.69. The van der Waals surface area contributed by atoms with Crippen molar-refractivity contribution in [2.24, 2.45) is 17.8 Å². The van der Waals surface area contributed by atoms with E-state index in [0.29, 0.717) is 22.9 Å². The number of rotatable bonds is 1. The fraction of sp³-hybridized carbons (Fsp3) is 0.615. The molecule has 0 aromatic carbocycles. The molecule has 4 atom stereocenters. The Morgan fingerprint density at radius 1 is 1.42 bits per heavy atom. The average Bonchev–Trinajstić information content (AvgIpc) is 2.76. The Morgan fingerprint density at radius 2 is 2.26 bits per heavy atom. The Balaban J connectivity index is 1.44. The van der Waals surface area contributed by atoms with Crippen LogP contribution in [0, 0.1) is 24.7 Å². The summed E-state index contributed by atoms with van der Waals surface area (Å²) in [4.78, 5) is 26.0. The van der Waals surface area contributed by atoms with Gasteiger partial charge < -0.3 is 10.2 Å². The molecule has 0 unspecified atom stereocenters. The lowest BCUT2D eigenvalue weighted by molar-refractivity contribution is -0.144. The van der Waals surface area contributed by atoms with Gasteiger partial charge in [-0.3, -0.25) is 9.59 Å². The molecule has 2 amide bonds. The van der Waals surface area contributed by atoms with Crippen LogP contribution >= 0.6 is 11.5 Å². The first-order chi connectivity index (χ1) is 9.13. The highest BCUT2D eigenvalue weighted by molar-refractivity contribution is 7.10. The topological polar surface area (TPSA) is 62.3 Å². The Labute approximate surface area is 115 Å². The van der Waals surface area contributed by atoms with Crippen LogP contribution in [0.2, 0.25) is 0 Å². The number of amides is 2. The van der Waals surface area contributed by atoms with Gasteiger partial charge in [0.1, 0.15) is 5.00 Å². The van der Waals surface area contributed by atoms with Gasteiger partial charge in [-0.2, -0.15) is 4.37 Å². The molecule has 4 rings (SSSR count). The maximum Gasteiger partial charge on any atom is 0.314 e. The van der Waals surface area contributed by atoms with Crippen molar-refractivity contribution in [3.05, 3.63) is 11.8 Å². The highest BCUT2D eigenvalue weighted by Gasteiger charge is 2.61. The predicted octanol–water partition coefficient (Wildman–Crippen LogP) is 1.26. The number of hydrogen-bond donors (Lipinski definition) is 1. The number of carbonyl (C=O) groups is 2. The van der Waals surface area contributed by atoms with Crippen LogP contribution in [0.3, 0.4) is 0 Å². The third-order valence-corrected chi connectivity index (χ3v) is 5.48. The normalized spacial score (nSPS) is 34.3. The summed E-state index contributed by atoms with van der Waals surface area (Å²) in [5.74, 6) is 1.29. The van der Waals surface area contributed by atoms with Crippen molar-refractivity contribution in [2.45, 2.75) is 25.8 Å². The number of aromatic nitrogens is 1. The molecule has 2 heterocycles. The number of likely N-dealkylation sites (tertiary alicyclic amines) is 1. The van der Waals surface area contributed by atoms with Crippen LogP contribution in [-0.4, -0.2) is 33.7 Å². The monoisotopic (exact) mass is 277 g/mol. The first-order valence-corrected chi connectivity index (χ1v) is 7.46. The molecule has 1 saturated heterocycles. The molecule has 19 heavy (non-hydrogen) atoms. The van der Waals surface area contributed by atoms with Crippen LogP contribution in [-0.2, 0) is 9.59 Å². The zero-order chi connectivity index (χ0) is 13.1. The predicted molar refractivity (Wildman–Crippen MR) is 70.7 cm³/mol. The van der Waals surface area contributed by atoms with Gasteiger partial charge >= 0.3 is 11.8 Å². The molecule has 6 heteroatoms. The van der Waals surface area contributed by atoms with Gasteiger partial charge in [-0.15, -0.1) is 0 Å². The zero-order valence-electron chi connectivity index (χ0n) is 10.6. The molecule has 1 aliphatic heterocycles. The van der Waals surface area contributed by atoms with Crippen molar-refractivity contribution in [3.63, 3.8) is 0 Å². The first kappa shape index (κ1) is 11.4. The maximum atomic E-state index is 12.2. The number of aryl methyl sites for hydroxylation is 1. The molecule has 1 aromatic rings. The van der Waals surface area contributed by atoms with Crippen LogP contribution < -0.4 is 5.32 Å². The Kier molecular flexibility index (Phi) is 2.27. The van der Waals surface area contributed by atoms with Crippen molar-refractivity contribution in [2.75, 3.05) is 11.9 Å². The minimum atomic E-state index is -0.520. The third kappa shape index (κ3) is 1.69. The average molecular weight is 277 g/mol. The molecule has 2 aliphatic carbocycles. The van der Waals surface area contributed by atoms with Crippen molar-refractivity contribution < 1.29 is 9.59 Å². The summed E-state index contributed by atoms with van der Waals surface area (Å²) in [6, 6.07) is 2.11.